The lowest BCUT2D eigenvalue weighted by Gasteiger charge is -2.13. The van der Waals surface area contributed by atoms with Crippen LogP contribution in [0.25, 0.3) is 0 Å². The van der Waals surface area contributed by atoms with Gasteiger partial charge in [0.15, 0.2) is 0 Å². The fourth-order valence-electron chi connectivity index (χ4n) is 1.32. The van der Waals surface area contributed by atoms with Crippen molar-refractivity contribution in [3.63, 3.8) is 0 Å². The first-order chi connectivity index (χ1) is 8.63. The molecule has 0 radical (unpaired) electrons. The predicted molar refractivity (Wildman–Crippen MR) is 66.5 cm³/mol. The largest absolute Gasteiger partial charge is 0.290 e. The molecule has 0 unspecified atom stereocenters. The van der Waals surface area contributed by atoms with Gasteiger partial charge >= 0.3 is 0 Å². The number of anilines is 1. The number of carbonyl (C=O) groups is 3. The smallest absolute Gasteiger partial charge is 0.265 e. The van der Waals surface area contributed by atoms with Crippen LogP contribution in [-0.4, -0.2) is 18.2 Å². The molecule has 0 bridgehead atoms. The molecule has 0 saturated heterocycles. The maximum atomic E-state index is 11.6. The van der Waals surface area contributed by atoms with Gasteiger partial charge in [-0.05, 0) is 37.3 Å². The molecular formula is C12H13N3O3. The highest BCUT2D eigenvalue weighted by atomic mass is 16.2. The summed E-state index contributed by atoms with van der Waals surface area (Å²) in [6.45, 7) is 1.68. The van der Waals surface area contributed by atoms with Crippen LogP contribution in [0.5, 0.6) is 0 Å². The average Bonchev–Trinajstić information content (AvgIpc) is 2.40. The number of nitrogens with zero attached hydrogens (tertiary/aromatic N) is 1. The van der Waals surface area contributed by atoms with Crippen molar-refractivity contribution in [2.75, 3.05) is 4.90 Å². The first-order valence-electron chi connectivity index (χ1n) is 5.16. The minimum atomic E-state index is -0.455. The maximum Gasteiger partial charge on any atom is 0.265 e. The zero-order chi connectivity index (χ0) is 13.5. The lowest BCUT2D eigenvalue weighted by atomic mass is 10.2. The van der Waals surface area contributed by atoms with E-state index in [9.17, 15) is 14.4 Å². The van der Waals surface area contributed by atoms with Crippen molar-refractivity contribution in [2.24, 2.45) is 5.84 Å². The number of nitrogen functional groups attached to an aromatic ring is 1. The molecule has 0 aliphatic carbocycles. The van der Waals surface area contributed by atoms with Crippen molar-refractivity contribution in [3.05, 3.63) is 42.0 Å². The minimum Gasteiger partial charge on any atom is -0.290 e. The number of rotatable bonds is 4. The highest BCUT2D eigenvalue weighted by Gasteiger charge is 2.12. The number of nitrogens with one attached hydrogen (secondary N) is 1. The second-order valence-corrected chi connectivity index (χ2v) is 3.33. The van der Waals surface area contributed by atoms with E-state index in [0.29, 0.717) is 17.7 Å². The van der Waals surface area contributed by atoms with Crippen molar-refractivity contribution in [3.8, 4) is 0 Å². The van der Waals surface area contributed by atoms with E-state index < -0.39 is 11.8 Å². The SMILES string of the molecule is C/C=C\C(=O)N(C=O)c1ccc(C(=O)NN)cc1. The topological polar surface area (TPSA) is 92.5 Å². The predicted octanol–water partition coefficient (Wildman–Crippen LogP) is 0.356. The molecule has 94 valence electrons. The molecule has 3 N–H and O–H groups in total. The van der Waals surface area contributed by atoms with Crippen molar-refractivity contribution >= 4 is 23.9 Å². The van der Waals surface area contributed by atoms with E-state index in [1.165, 1.54) is 36.4 Å². The minimum absolute atomic E-state index is 0.339. The summed E-state index contributed by atoms with van der Waals surface area (Å²) in [5.74, 6) is 4.09. The van der Waals surface area contributed by atoms with Crippen LogP contribution in [0, 0.1) is 0 Å². The van der Waals surface area contributed by atoms with Crippen molar-refractivity contribution < 1.29 is 14.4 Å². The van der Waals surface area contributed by atoms with E-state index in [4.69, 9.17) is 5.84 Å². The van der Waals surface area contributed by atoms with Crippen molar-refractivity contribution in [1.29, 1.82) is 0 Å². The normalized spacial score (nSPS) is 10.1. The van der Waals surface area contributed by atoms with E-state index in [0.717, 1.165) is 4.90 Å². The Morgan fingerprint density at radius 2 is 1.89 bits per heavy atom. The van der Waals surface area contributed by atoms with Crippen LogP contribution in [-0.2, 0) is 9.59 Å². The molecule has 0 saturated carbocycles. The number of benzene rings is 1. The standard InChI is InChI=1S/C12H13N3O3/c1-2-3-11(17)15(8-16)10-6-4-9(5-7-10)12(18)14-13/h2-8H,13H2,1H3,(H,14,18)/b3-2-. The number of nitrogens with two attached hydrogens (primary N) is 1. The summed E-state index contributed by atoms with van der Waals surface area (Å²) in [6.07, 6.45) is 3.23. The highest BCUT2D eigenvalue weighted by Crippen LogP contribution is 2.14. The molecule has 0 spiro atoms. The Morgan fingerprint density at radius 3 is 2.33 bits per heavy atom. The molecule has 0 heterocycles. The van der Waals surface area contributed by atoms with Gasteiger partial charge in [0.2, 0.25) is 6.41 Å². The van der Waals surface area contributed by atoms with Crippen molar-refractivity contribution in [1.82, 2.24) is 5.43 Å². The molecule has 3 amide bonds. The van der Waals surface area contributed by atoms with Crippen LogP contribution in [0.3, 0.4) is 0 Å². The first kappa shape index (κ1) is 13.6. The van der Waals surface area contributed by atoms with Crippen LogP contribution < -0.4 is 16.2 Å². The van der Waals surface area contributed by atoms with Crippen LogP contribution in [0.4, 0.5) is 5.69 Å². The Balaban J connectivity index is 2.99. The molecule has 1 aromatic rings. The van der Waals surface area contributed by atoms with Gasteiger partial charge in [-0.25, -0.2) is 10.7 Å². The van der Waals surface area contributed by atoms with Crippen LogP contribution in [0.2, 0.25) is 0 Å². The van der Waals surface area contributed by atoms with E-state index >= 15 is 0 Å². The molecule has 1 rings (SSSR count). The Morgan fingerprint density at radius 1 is 1.28 bits per heavy atom. The Kier molecular flexibility index (Phi) is 4.77. The quantitative estimate of drug-likeness (QED) is 0.264. The summed E-state index contributed by atoms with van der Waals surface area (Å²) in [6, 6.07) is 5.91. The zero-order valence-electron chi connectivity index (χ0n) is 9.79. The number of hydrogen-bond acceptors (Lipinski definition) is 4. The molecule has 0 fully saturated rings. The number of hydrogen-bond donors (Lipinski definition) is 2. The molecule has 1 aromatic carbocycles. The Bertz CT molecular complexity index is 480. The monoisotopic (exact) mass is 247 g/mol. The van der Waals surface area contributed by atoms with Crippen LogP contribution in [0.1, 0.15) is 17.3 Å². The fourth-order valence-corrected chi connectivity index (χ4v) is 1.32. The summed E-state index contributed by atoms with van der Waals surface area (Å²) in [7, 11) is 0. The lowest BCUT2D eigenvalue weighted by molar-refractivity contribution is -0.118. The molecule has 0 aromatic heterocycles. The van der Waals surface area contributed by atoms with Gasteiger partial charge in [-0.1, -0.05) is 6.08 Å². The molecule has 6 nitrogen and oxygen atoms in total. The molecular weight excluding hydrogens is 234 g/mol. The lowest BCUT2D eigenvalue weighted by Crippen LogP contribution is -2.30. The fraction of sp³-hybridized carbons (Fsp3) is 0.0833. The summed E-state index contributed by atoms with van der Waals surface area (Å²) in [5, 5.41) is 0. The van der Waals surface area contributed by atoms with Gasteiger partial charge in [0.1, 0.15) is 0 Å². The summed E-state index contributed by atoms with van der Waals surface area (Å²) in [4.78, 5) is 34.6. The average molecular weight is 247 g/mol. The molecule has 6 heteroatoms. The molecule has 0 aliphatic rings. The Labute approximate surface area is 104 Å². The number of imide groups is 1. The highest BCUT2D eigenvalue weighted by molar-refractivity contribution is 6.12. The van der Waals surface area contributed by atoms with Gasteiger partial charge in [-0.3, -0.25) is 19.8 Å². The van der Waals surface area contributed by atoms with E-state index in [1.807, 2.05) is 5.43 Å². The number of amides is 3. The number of hydrazine groups is 1. The third kappa shape index (κ3) is 3.02. The maximum absolute atomic E-state index is 11.6. The second kappa shape index (κ2) is 6.31. The second-order valence-electron chi connectivity index (χ2n) is 3.33. The van der Waals surface area contributed by atoms with Crippen LogP contribution in [0.15, 0.2) is 36.4 Å². The van der Waals surface area contributed by atoms with Gasteiger partial charge in [0.05, 0.1) is 5.69 Å². The van der Waals surface area contributed by atoms with E-state index in [1.54, 1.807) is 6.92 Å². The first-order valence-corrected chi connectivity index (χ1v) is 5.16. The van der Waals surface area contributed by atoms with Gasteiger partial charge in [0.25, 0.3) is 11.8 Å². The third-order valence-electron chi connectivity index (χ3n) is 2.19. The van der Waals surface area contributed by atoms with E-state index in [-0.39, 0.29) is 0 Å². The summed E-state index contributed by atoms with van der Waals surface area (Å²) in [5.41, 5.74) is 2.70. The van der Waals surface area contributed by atoms with Gasteiger partial charge in [-0.2, -0.15) is 0 Å². The van der Waals surface area contributed by atoms with Gasteiger partial charge in [-0.15, -0.1) is 0 Å². The van der Waals surface area contributed by atoms with E-state index in [2.05, 4.69) is 0 Å². The zero-order valence-corrected chi connectivity index (χ0v) is 9.79. The van der Waals surface area contributed by atoms with Gasteiger partial charge < -0.3 is 0 Å². The molecule has 0 atom stereocenters. The third-order valence-corrected chi connectivity index (χ3v) is 2.19. The number of carbonyl (C=O) groups excluding carboxylic acids is 3. The van der Waals surface area contributed by atoms with Gasteiger partial charge in [0, 0.05) is 5.56 Å². The van der Waals surface area contributed by atoms with Crippen LogP contribution >= 0.6 is 0 Å². The molecule has 18 heavy (non-hydrogen) atoms. The van der Waals surface area contributed by atoms with Crippen molar-refractivity contribution in [2.45, 2.75) is 6.92 Å². The molecule has 0 aliphatic heterocycles. The number of allylic oxidation sites excluding steroid dienone is 1. The summed E-state index contributed by atoms with van der Waals surface area (Å²) >= 11 is 0. The summed E-state index contributed by atoms with van der Waals surface area (Å²) < 4.78 is 0. The Hall–Kier alpha value is -2.47.